The van der Waals surface area contributed by atoms with Gasteiger partial charge in [0.25, 0.3) is 5.91 Å². The van der Waals surface area contributed by atoms with E-state index >= 15 is 0 Å². The van der Waals surface area contributed by atoms with Crippen molar-refractivity contribution in [3.05, 3.63) is 46.0 Å². The minimum Gasteiger partial charge on any atom is -0.490 e. The van der Waals surface area contributed by atoms with Crippen LogP contribution < -0.4 is 10.2 Å². The van der Waals surface area contributed by atoms with Crippen molar-refractivity contribution in [3.8, 4) is 5.75 Å². The number of carbonyl (C=O) groups excluding carboxylic acids is 1. The highest BCUT2D eigenvalue weighted by atomic mass is 35.5. The smallest absolute Gasteiger partial charge is 0.282 e. The summed E-state index contributed by atoms with van der Waals surface area (Å²) in [6.45, 7) is 8.60. The van der Waals surface area contributed by atoms with Crippen molar-refractivity contribution in [2.45, 2.75) is 51.7 Å². The summed E-state index contributed by atoms with van der Waals surface area (Å²) < 4.78 is 20.7. The fourth-order valence-electron chi connectivity index (χ4n) is 3.76. The number of nitrogens with zero attached hydrogens (tertiary/aromatic N) is 3. The second-order valence-electron chi connectivity index (χ2n) is 8.78. The third-order valence-corrected chi connectivity index (χ3v) is 5.58. The lowest BCUT2D eigenvalue weighted by atomic mass is 9.92. The second kappa shape index (κ2) is 10.0. The third kappa shape index (κ3) is 5.79. The summed E-state index contributed by atoms with van der Waals surface area (Å²) in [4.78, 5) is 17.7. The molecule has 2 heterocycles. The Balaban J connectivity index is 2.02. The van der Waals surface area contributed by atoms with Crippen molar-refractivity contribution < 1.29 is 19.0 Å². The number of hydrogen-bond donors (Lipinski definition) is 0. The lowest BCUT2D eigenvalue weighted by Gasteiger charge is -2.21. The average Bonchev–Trinajstić information content (AvgIpc) is 3.32. The molecule has 1 aliphatic heterocycles. The second-order valence-corrected chi connectivity index (χ2v) is 9.21. The number of carbonyl (C=O) groups is 1. The topological polar surface area (TPSA) is 67.0 Å². The van der Waals surface area contributed by atoms with Crippen molar-refractivity contribution in [1.29, 1.82) is 0 Å². The molecule has 1 amide bonds. The van der Waals surface area contributed by atoms with E-state index in [1.807, 2.05) is 17.8 Å². The largest absolute Gasteiger partial charge is 0.490 e. The zero-order valence-corrected chi connectivity index (χ0v) is 19.7. The molecule has 0 spiro atoms. The highest BCUT2D eigenvalue weighted by Crippen LogP contribution is 2.25. The number of methoxy groups -OCH3 is 1. The molecule has 1 aromatic carbocycles. The molecule has 8 heteroatoms. The number of amides is 1. The Kier molecular flexibility index (Phi) is 7.62. The van der Waals surface area contributed by atoms with Gasteiger partial charge in [-0.25, -0.2) is 0 Å². The van der Waals surface area contributed by atoms with Crippen LogP contribution >= 0.6 is 11.6 Å². The Morgan fingerprint density at radius 1 is 1.29 bits per heavy atom. The van der Waals surface area contributed by atoms with Crippen LogP contribution in [0.5, 0.6) is 5.75 Å². The molecule has 0 bridgehead atoms. The van der Waals surface area contributed by atoms with Gasteiger partial charge < -0.3 is 14.2 Å². The molecule has 7 nitrogen and oxygen atoms in total. The van der Waals surface area contributed by atoms with Crippen LogP contribution in [0.25, 0.3) is 0 Å². The number of hydrogen-bond acceptors (Lipinski definition) is 4. The molecule has 3 rings (SSSR count). The Morgan fingerprint density at radius 2 is 2.06 bits per heavy atom. The van der Waals surface area contributed by atoms with Crippen LogP contribution in [0, 0.1) is 0 Å². The number of ether oxygens (including phenoxy) is 3. The number of rotatable bonds is 7. The first-order valence-corrected chi connectivity index (χ1v) is 11.0. The summed E-state index contributed by atoms with van der Waals surface area (Å²) in [5, 5.41) is 0.452. The van der Waals surface area contributed by atoms with Gasteiger partial charge in [-0.15, -0.1) is 0 Å². The van der Waals surface area contributed by atoms with E-state index in [2.05, 4.69) is 30.4 Å². The predicted molar refractivity (Wildman–Crippen MR) is 120 cm³/mol. The van der Waals surface area contributed by atoms with E-state index in [0.29, 0.717) is 41.6 Å². The van der Waals surface area contributed by atoms with Crippen molar-refractivity contribution >= 4 is 17.5 Å². The lowest BCUT2D eigenvalue weighted by molar-refractivity contribution is 0.0885. The fourth-order valence-corrected chi connectivity index (χ4v) is 3.93. The molecule has 0 N–H and O–H groups in total. The fraction of sp³-hybridized carbons (Fsp3) is 0.565. The van der Waals surface area contributed by atoms with Gasteiger partial charge in [-0.1, -0.05) is 32.4 Å². The van der Waals surface area contributed by atoms with Crippen molar-refractivity contribution in [3.63, 3.8) is 0 Å². The maximum absolute atomic E-state index is 13.2. The van der Waals surface area contributed by atoms with Gasteiger partial charge in [-0.05, 0) is 31.0 Å². The Morgan fingerprint density at radius 3 is 2.71 bits per heavy atom. The summed E-state index contributed by atoms with van der Waals surface area (Å²) >= 11 is 6.16. The van der Waals surface area contributed by atoms with Crippen LogP contribution in [-0.4, -0.2) is 48.3 Å². The van der Waals surface area contributed by atoms with Gasteiger partial charge in [0.05, 0.1) is 24.8 Å². The predicted octanol–water partition coefficient (Wildman–Crippen LogP) is 3.72. The lowest BCUT2D eigenvalue weighted by Crippen LogP contribution is -2.30. The summed E-state index contributed by atoms with van der Waals surface area (Å²) in [5.74, 6) is 0.0370. The molecular formula is C23H32ClN3O4. The van der Waals surface area contributed by atoms with Gasteiger partial charge in [0.1, 0.15) is 12.4 Å². The van der Waals surface area contributed by atoms with E-state index in [9.17, 15) is 4.79 Å². The summed E-state index contributed by atoms with van der Waals surface area (Å²) in [5.41, 5.74) is 1.90. The van der Waals surface area contributed by atoms with Gasteiger partial charge >= 0.3 is 0 Å². The van der Waals surface area contributed by atoms with E-state index in [1.165, 1.54) is 0 Å². The SMILES string of the molecule is COCCOc1ccc(Cl)cc1C(=O)N=c1cc(C(C)(C)C)n(C)n1C[C@H]1CCCO1. The summed E-state index contributed by atoms with van der Waals surface area (Å²) in [7, 11) is 3.60. The van der Waals surface area contributed by atoms with E-state index in [-0.39, 0.29) is 11.5 Å². The highest BCUT2D eigenvalue weighted by Gasteiger charge is 2.24. The van der Waals surface area contributed by atoms with E-state index < -0.39 is 5.91 Å². The molecule has 1 saturated heterocycles. The number of benzene rings is 1. The van der Waals surface area contributed by atoms with Crippen molar-refractivity contribution in [2.75, 3.05) is 26.9 Å². The zero-order chi connectivity index (χ0) is 22.6. The molecular weight excluding hydrogens is 418 g/mol. The van der Waals surface area contributed by atoms with Crippen molar-refractivity contribution in [2.24, 2.45) is 12.0 Å². The number of aromatic nitrogens is 2. The molecule has 0 saturated carbocycles. The molecule has 0 aliphatic carbocycles. The van der Waals surface area contributed by atoms with Crippen LogP contribution in [0.1, 0.15) is 49.7 Å². The third-order valence-electron chi connectivity index (χ3n) is 5.34. The molecule has 1 fully saturated rings. The molecule has 0 radical (unpaired) electrons. The first kappa shape index (κ1) is 23.6. The van der Waals surface area contributed by atoms with Gasteiger partial charge in [0.15, 0.2) is 5.49 Å². The van der Waals surface area contributed by atoms with Crippen LogP contribution in [0.15, 0.2) is 29.3 Å². The molecule has 1 aliphatic rings. The van der Waals surface area contributed by atoms with Crippen LogP contribution in [0.4, 0.5) is 0 Å². The average molecular weight is 450 g/mol. The standard InChI is InChI=1S/C23H32ClN3O4/c1-23(2,3)20-14-21(27(26(20)4)15-17-7-6-10-30-17)25-22(28)18-13-16(24)8-9-19(18)31-12-11-29-5/h8-9,13-14,17H,6-7,10-12,15H2,1-5H3/t17-/m1/s1. The normalized spacial score (nSPS) is 17.4. The van der Waals surface area contributed by atoms with Crippen LogP contribution in [0.3, 0.4) is 0 Å². The number of halogens is 1. The molecule has 31 heavy (non-hydrogen) atoms. The minimum absolute atomic E-state index is 0.103. The maximum Gasteiger partial charge on any atom is 0.282 e. The first-order valence-electron chi connectivity index (χ1n) is 10.6. The minimum atomic E-state index is -0.401. The first-order chi connectivity index (χ1) is 14.7. The Bertz CT molecular complexity index is 982. The van der Waals surface area contributed by atoms with Gasteiger partial charge in [0, 0.05) is 43.0 Å². The van der Waals surface area contributed by atoms with Gasteiger partial charge in [-0.2, -0.15) is 4.99 Å². The Hall–Kier alpha value is -2.09. The van der Waals surface area contributed by atoms with Crippen LogP contribution in [0.2, 0.25) is 5.02 Å². The maximum atomic E-state index is 13.2. The molecule has 1 atom stereocenters. The van der Waals surface area contributed by atoms with Crippen molar-refractivity contribution in [1.82, 2.24) is 9.36 Å². The van der Waals surface area contributed by atoms with Gasteiger partial charge in [0.2, 0.25) is 0 Å². The van der Waals surface area contributed by atoms with E-state index in [4.69, 9.17) is 25.8 Å². The molecule has 0 unspecified atom stereocenters. The van der Waals surface area contributed by atoms with Crippen LogP contribution in [-0.2, 0) is 28.5 Å². The van der Waals surface area contributed by atoms with Gasteiger partial charge in [-0.3, -0.25) is 14.2 Å². The monoisotopic (exact) mass is 449 g/mol. The zero-order valence-electron chi connectivity index (χ0n) is 19.0. The molecule has 1 aromatic heterocycles. The quantitative estimate of drug-likeness (QED) is 0.604. The van der Waals surface area contributed by atoms with E-state index in [1.54, 1.807) is 25.3 Å². The molecule has 170 valence electrons. The highest BCUT2D eigenvalue weighted by molar-refractivity contribution is 6.31. The summed E-state index contributed by atoms with van der Waals surface area (Å²) in [6, 6.07) is 6.95. The Labute approximate surface area is 188 Å². The summed E-state index contributed by atoms with van der Waals surface area (Å²) in [6.07, 6.45) is 2.18. The van der Waals surface area contributed by atoms with E-state index in [0.717, 1.165) is 25.1 Å². The molecule has 2 aromatic rings.